The number of ether oxygens (including phenoxy) is 1. The molecule has 2 heterocycles. The fraction of sp³-hybridized carbons (Fsp3) is 0.345. The van der Waals surface area contributed by atoms with E-state index in [1.165, 1.54) is 19.1 Å². The lowest BCUT2D eigenvalue weighted by molar-refractivity contribution is -0.143. The van der Waals surface area contributed by atoms with Crippen LogP contribution in [0.2, 0.25) is 0 Å². The lowest BCUT2D eigenvalue weighted by Crippen LogP contribution is -2.44. The molecule has 0 aliphatic heterocycles. The number of fused-ring (bicyclic) bond motifs is 3. The molecule has 0 aliphatic carbocycles. The van der Waals surface area contributed by atoms with Gasteiger partial charge in [0.1, 0.15) is 34.1 Å². The molecule has 216 valence electrons. The molecule has 2 aromatic heterocycles. The normalized spacial score (nSPS) is 12.1. The Kier molecular flexibility index (Phi) is 11.1. The van der Waals surface area contributed by atoms with Gasteiger partial charge in [-0.1, -0.05) is 33.8 Å². The number of nitrogens with zero attached hydrogens (tertiary/aromatic N) is 1. The van der Waals surface area contributed by atoms with Crippen LogP contribution >= 0.6 is 0 Å². The van der Waals surface area contributed by atoms with E-state index in [4.69, 9.17) is 15.6 Å². The number of carboxylic acids is 1. The van der Waals surface area contributed by atoms with E-state index in [1.54, 1.807) is 0 Å². The molecule has 0 saturated carbocycles. The van der Waals surface area contributed by atoms with Crippen LogP contribution in [-0.2, 0) is 11.2 Å². The molecule has 0 fully saturated rings. The maximum atomic E-state index is 15.0. The van der Waals surface area contributed by atoms with E-state index in [2.05, 4.69) is 4.98 Å². The highest BCUT2D eigenvalue weighted by atomic mass is 19.1. The summed E-state index contributed by atoms with van der Waals surface area (Å²) in [6.07, 6.45) is 0.0290. The van der Waals surface area contributed by atoms with E-state index in [-0.39, 0.29) is 46.6 Å². The molecule has 0 amide bonds. The van der Waals surface area contributed by atoms with Crippen LogP contribution in [-0.4, -0.2) is 38.4 Å². The number of carbonyl (C=O) groups is 2. The molecular formula is C29H34F3N3O5. The topological polar surface area (TPSA) is 127 Å². The fourth-order valence-corrected chi connectivity index (χ4v) is 3.89. The average molecular weight is 562 g/mol. The zero-order valence-electron chi connectivity index (χ0n) is 23.1. The number of hydrogen-bond acceptors (Lipinski definition) is 5. The van der Waals surface area contributed by atoms with Crippen LogP contribution in [0.3, 0.4) is 0 Å². The Labute approximate surface area is 229 Å². The van der Waals surface area contributed by atoms with Gasteiger partial charge >= 0.3 is 5.97 Å². The van der Waals surface area contributed by atoms with Crippen molar-refractivity contribution in [2.75, 3.05) is 6.61 Å². The van der Waals surface area contributed by atoms with Gasteiger partial charge in [-0.2, -0.15) is 0 Å². The number of aromatic amines is 1. The fourth-order valence-electron chi connectivity index (χ4n) is 3.89. The molecule has 0 bridgehead atoms. The molecule has 4 rings (SSSR count). The largest absolute Gasteiger partial charge is 0.493 e. The molecular weight excluding hydrogens is 527 g/mol. The van der Waals surface area contributed by atoms with Crippen LogP contribution < -0.4 is 16.0 Å². The summed E-state index contributed by atoms with van der Waals surface area (Å²) in [5, 5.41) is 9.07. The minimum Gasteiger partial charge on any atom is -0.493 e. The van der Waals surface area contributed by atoms with Crippen LogP contribution in [0.5, 0.6) is 5.75 Å². The van der Waals surface area contributed by atoms with Crippen molar-refractivity contribution in [3.05, 3.63) is 81.4 Å². The summed E-state index contributed by atoms with van der Waals surface area (Å²) in [4.78, 5) is 39.4. The van der Waals surface area contributed by atoms with E-state index in [1.807, 2.05) is 27.7 Å². The van der Waals surface area contributed by atoms with Gasteiger partial charge in [-0.05, 0) is 37.5 Å². The van der Waals surface area contributed by atoms with E-state index in [9.17, 15) is 23.2 Å². The van der Waals surface area contributed by atoms with Crippen LogP contribution in [0, 0.1) is 17.5 Å². The number of nitrogens with one attached hydrogen (secondary N) is 1. The molecule has 0 radical (unpaired) electrons. The second-order valence-electron chi connectivity index (χ2n) is 8.71. The highest BCUT2D eigenvalue weighted by molar-refractivity contribution is 6.04. The van der Waals surface area contributed by atoms with Gasteiger partial charge in [0.2, 0.25) is 0 Å². The summed E-state index contributed by atoms with van der Waals surface area (Å²) in [7, 11) is 0. The molecule has 2 aromatic carbocycles. The summed E-state index contributed by atoms with van der Waals surface area (Å²) in [5.41, 5.74) is 3.74. The van der Waals surface area contributed by atoms with Gasteiger partial charge in [-0.25, -0.2) is 13.2 Å². The van der Waals surface area contributed by atoms with Crippen molar-refractivity contribution in [1.29, 1.82) is 0 Å². The van der Waals surface area contributed by atoms with E-state index < -0.39 is 46.7 Å². The zero-order valence-corrected chi connectivity index (χ0v) is 23.1. The van der Waals surface area contributed by atoms with E-state index in [0.29, 0.717) is 12.5 Å². The minimum absolute atomic E-state index is 0.0152. The van der Waals surface area contributed by atoms with Gasteiger partial charge in [0.05, 0.1) is 17.7 Å². The number of aliphatic carboxylic acids is 1. The van der Waals surface area contributed by atoms with Crippen molar-refractivity contribution < 1.29 is 32.6 Å². The summed E-state index contributed by atoms with van der Waals surface area (Å²) in [6.45, 7) is 9.45. The Morgan fingerprint density at radius 3 is 2.33 bits per heavy atom. The summed E-state index contributed by atoms with van der Waals surface area (Å²) in [6, 6.07) is 7.74. The van der Waals surface area contributed by atoms with Gasteiger partial charge in [0, 0.05) is 30.7 Å². The molecule has 1 atom stereocenters. The quantitative estimate of drug-likeness (QED) is 0.179. The average Bonchev–Trinajstić information content (AvgIpc) is 3.31. The first-order chi connectivity index (χ1) is 19.0. The zero-order chi connectivity index (χ0) is 30.2. The first-order valence-corrected chi connectivity index (χ1v) is 13.0. The summed E-state index contributed by atoms with van der Waals surface area (Å²) < 4.78 is 48.8. The Bertz CT molecular complexity index is 1560. The predicted molar refractivity (Wildman–Crippen MR) is 148 cm³/mol. The number of halogens is 3. The number of carboxylic acid groups (broad SMARTS) is 1. The number of aromatic nitrogens is 2. The molecule has 1 unspecified atom stereocenters. The molecule has 0 saturated heterocycles. The predicted octanol–water partition coefficient (Wildman–Crippen LogP) is 5.64. The smallest absolute Gasteiger partial charge is 0.323 e. The lowest BCUT2D eigenvalue weighted by atomic mass is 9.98. The number of Topliss-reactive ketones (excluding diaryl/α,β-unsaturated/α-hetero) is 1. The molecule has 11 heteroatoms. The molecule has 8 nitrogen and oxygen atoms in total. The van der Waals surface area contributed by atoms with Crippen molar-refractivity contribution in [2.45, 2.75) is 59.4 Å². The maximum Gasteiger partial charge on any atom is 0.323 e. The maximum absolute atomic E-state index is 15.0. The second kappa shape index (κ2) is 13.8. The Morgan fingerprint density at radius 1 is 1.02 bits per heavy atom. The Morgan fingerprint density at radius 2 is 1.70 bits per heavy atom. The number of nitrogens with two attached hydrogens (primary N) is 1. The monoisotopic (exact) mass is 561 g/mol. The second-order valence-corrected chi connectivity index (χ2v) is 8.71. The third-order valence-corrected chi connectivity index (χ3v) is 5.87. The van der Waals surface area contributed by atoms with E-state index in [0.717, 1.165) is 28.7 Å². The highest BCUT2D eigenvalue weighted by Gasteiger charge is 2.27. The van der Waals surface area contributed by atoms with E-state index >= 15 is 4.39 Å². The van der Waals surface area contributed by atoms with Crippen LogP contribution in [0.15, 0.2) is 47.3 Å². The number of pyridine rings is 1. The number of hydrogen-bond donors (Lipinski definition) is 3. The Balaban J connectivity index is 0.00000134. The van der Waals surface area contributed by atoms with Gasteiger partial charge in [-0.15, -0.1) is 0 Å². The van der Waals surface area contributed by atoms with Gasteiger partial charge in [0.25, 0.3) is 5.56 Å². The number of carbonyl (C=O) groups excluding carboxylic acids is 1. The van der Waals surface area contributed by atoms with Crippen LogP contribution in [0.25, 0.3) is 16.7 Å². The molecule has 40 heavy (non-hydrogen) atoms. The Hall–Kier alpha value is -4.12. The molecule has 4 aromatic rings. The molecule has 4 N–H and O–H groups in total. The number of imidazole rings is 1. The number of H-pyrrole nitrogens is 1. The first-order valence-electron chi connectivity index (χ1n) is 13.0. The van der Waals surface area contributed by atoms with Crippen molar-refractivity contribution in [2.24, 2.45) is 5.73 Å². The SMILES string of the molecule is CC.CC.CC(N)(CCCOc1cc(F)c2c(c1)[nH]c1c(C(=O)Cc3ccc(F)cc3F)ccc(=O)n12)C(=O)O. The summed E-state index contributed by atoms with van der Waals surface area (Å²) >= 11 is 0. The van der Waals surface area contributed by atoms with Crippen molar-refractivity contribution in [3.8, 4) is 5.75 Å². The lowest BCUT2D eigenvalue weighted by Gasteiger charge is -2.18. The summed E-state index contributed by atoms with van der Waals surface area (Å²) in [5.74, 6) is -4.04. The van der Waals surface area contributed by atoms with Crippen molar-refractivity contribution in [1.82, 2.24) is 9.38 Å². The third kappa shape index (κ3) is 7.09. The van der Waals surface area contributed by atoms with Crippen LogP contribution in [0.4, 0.5) is 13.2 Å². The number of benzene rings is 2. The van der Waals surface area contributed by atoms with Gasteiger partial charge < -0.3 is 20.6 Å². The minimum atomic E-state index is -1.42. The highest BCUT2D eigenvalue weighted by Crippen LogP contribution is 2.27. The van der Waals surface area contributed by atoms with Gasteiger partial charge in [-0.3, -0.25) is 18.8 Å². The molecule has 0 aliphatic rings. The third-order valence-electron chi connectivity index (χ3n) is 5.87. The van der Waals surface area contributed by atoms with Crippen molar-refractivity contribution in [3.63, 3.8) is 0 Å². The molecule has 0 spiro atoms. The van der Waals surface area contributed by atoms with Gasteiger partial charge in [0.15, 0.2) is 11.6 Å². The first kappa shape index (κ1) is 32.1. The number of ketones is 1. The van der Waals surface area contributed by atoms with Crippen LogP contribution in [0.1, 0.15) is 63.4 Å². The number of rotatable bonds is 9. The standard InChI is InChI=1S/C25H22F3N3O5.2C2H6/c1-25(29,24(34)35)7-2-8-36-15-11-18(28)22-19(12-15)30-23-16(5-6-21(33)31(22)23)20(32)9-13-3-4-14(26)10-17(13)27;2*1-2/h3-6,10-12,30H,2,7-9,29H2,1H3,(H,34,35);2*1-2H3. The van der Waals surface area contributed by atoms with Crippen molar-refractivity contribution >= 4 is 28.4 Å².